The summed E-state index contributed by atoms with van der Waals surface area (Å²) in [5.74, 6) is -0.561. The first kappa shape index (κ1) is 14.0. The van der Waals surface area contributed by atoms with E-state index in [0.717, 1.165) is 0 Å². The van der Waals surface area contributed by atoms with Gasteiger partial charge in [-0.3, -0.25) is 4.79 Å². The summed E-state index contributed by atoms with van der Waals surface area (Å²) in [4.78, 5) is 12.5. The van der Waals surface area contributed by atoms with E-state index in [2.05, 4.69) is 0 Å². The predicted molar refractivity (Wildman–Crippen MR) is 82.3 cm³/mol. The summed E-state index contributed by atoms with van der Waals surface area (Å²) >= 11 is 6.06. The van der Waals surface area contributed by atoms with Crippen molar-refractivity contribution in [3.8, 4) is 0 Å². The van der Waals surface area contributed by atoms with E-state index < -0.39 is 9.84 Å². The summed E-state index contributed by atoms with van der Waals surface area (Å²) in [5, 5.41) is 0.481. The molecule has 0 bridgehead atoms. The lowest BCUT2D eigenvalue weighted by Crippen LogP contribution is -2.24. The SMILES string of the molecule is O=C1/C(=C/c2ccccc2Cl)CS(=O)(=O)c2ccccc21. The van der Waals surface area contributed by atoms with Crippen molar-refractivity contribution in [2.45, 2.75) is 4.90 Å². The second-order valence-corrected chi connectivity index (χ2v) is 7.14. The Hall–Kier alpha value is -1.91. The highest BCUT2D eigenvalue weighted by Gasteiger charge is 2.32. The molecule has 3 rings (SSSR count). The number of benzene rings is 2. The Balaban J connectivity index is 2.16. The number of carbonyl (C=O) groups excluding carboxylic acids is 1. The van der Waals surface area contributed by atoms with Gasteiger partial charge in [0, 0.05) is 16.2 Å². The van der Waals surface area contributed by atoms with Crippen molar-refractivity contribution in [3.63, 3.8) is 0 Å². The van der Waals surface area contributed by atoms with E-state index in [0.29, 0.717) is 10.6 Å². The van der Waals surface area contributed by atoms with Crippen LogP contribution in [-0.4, -0.2) is 20.0 Å². The second-order valence-electron chi connectivity index (χ2n) is 4.78. The standard InChI is InChI=1S/C16H11ClO3S/c17-14-7-3-1-5-11(14)9-12-10-21(19,20)15-8-4-2-6-13(15)16(12)18/h1-9H,10H2/b12-9+. The van der Waals surface area contributed by atoms with Crippen molar-refractivity contribution >= 4 is 33.3 Å². The molecule has 2 aromatic rings. The summed E-state index contributed by atoms with van der Waals surface area (Å²) in [5.41, 5.74) is 1.10. The second kappa shape index (κ2) is 5.13. The third-order valence-electron chi connectivity index (χ3n) is 3.34. The van der Waals surface area contributed by atoms with Gasteiger partial charge in [0.05, 0.1) is 10.6 Å². The Kier molecular flexibility index (Phi) is 3.43. The van der Waals surface area contributed by atoms with Crippen LogP contribution in [0.2, 0.25) is 5.02 Å². The monoisotopic (exact) mass is 318 g/mol. The van der Waals surface area contributed by atoms with Gasteiger partial charge in [-0.25, -0.2) is 8.42 Å². The predicted octanol–water partition coefficient (Wildman–Crippen LogP) is 3.39. The topological polar surface area (TPSA) is 51.2 Å². The Morgan fingerprint density at radius 1 is 1.00 bits per heavy atom. The number of fused-ring (bicyclic) bond motifs is 1. The molecule has 1 aliphatic heterocycles. The molecule has 5 heteroatoms. The van der Waals surface area contributed by atoms with Gasteiger partial charge in [-0.1, -0.05) is 41.9 Å². The Labute approximate surface area is 127 Å². The zero-order valence-electron chi connectivity index (χ0n) is 10.9. The number of Topliss-reactive ketones (excluding diaryl/α,β-unsaturated/α-hetero) is 1. The molecule has 0 unspecified atom stereocenters. The Bertz CT molecular complexity index is 867. The molecule has 1 heterocycles. The molecular formula is C16H11ClO3S. The van der Waals surface area contributed by atoms with Gasteiger partial charge >= 0.3 is 0 Å². The fourth-order valence-electron chi connectivity index (χ4n) is 2.33. The zero-order valence-corrected chi connectivity index (χ0v) is 12.5. The minimum absolute atomic E-state index is 0.103. The highest BCUT2D eigenvalue weighted by atomic mass is 35.5. The lowest BCUT2D eigenvalue weighted by molar-refractivity contribution is 0.103. The van der Waals surface area contributed by atoms with E-state index in [4.69, 9.17) is 11.6 Å². The molecule has 2 aromatic carbocycles. The number of sulfone groups is 1. The van der Waals surface area contributed by atoms with Gasteiger partial charge in [-0.2, -0.15) is 0 Å². The van der Waals surface area contributed by atoms with Gasteiger partial charge in [-0.15, -0.1) is 0 Å². The largest absolute Gasteiger partial charge is 0.289 e. The minimum atomic E-state index is -3.49. The van der Waals surface area contributed by atoms with E-state index >= 15 is 0 Å². The van der Waals surface area contributed by atoms with Crippen LogP contribution in [-0.2, 0) is 9.84 Å². The lowest BCUT2D eigenvalue weighted by Gasteiger charge is -2.17. The molecule has 3 nitrogen and oxygen atoms in total. The van der Waals surface area contributed by atoms with E-state index in [9.17, 15) is 13.2 Å². The molecule has 0 N–H and O–H groups in total. The summed E-state index contributed by atoms with van der Waals surface area (Å²) in [6, 6.07) is 13.3. The van der Waals surface area contributed by atoms with E-state index in [1.165, 1.54) is 12.1 Å². The molecule has 21 heavy (non-hydrogen) atoms. The van der Waals surface area contributed by atoms with E-state index in [-0.39, 0.29) is 27.6 Å². The van der Waals surface area contributed by atoms with Crippen molar-refractivity contribution in [3.05, 3.63) is 70.3 Å². The number of rotatable bonds is 1. The van der Waals surface area contributed by atoms with Crippen LogP contribution in [0.15, 0.2) is 59.0 Å². The van der Waals surface area contributed by atoms with E-state index in [1.807, 2.05) is 0 Å². The van der Waals surface area contributed by atoms with Gasteiger partial charge in [-0.05, 0) is 29.8 Å². The zero-order chi connectivity index (χ0) is 15.0. The van der Waals surface area contributed by atoms with Crippen LogP contribution in [0.4, 0.5) is 0 Å². The van der Waals surface area contributed by atoms with Crippen LogP contribution in [0, 0.1) is 0 Å². The number of hydrogen-bond acceptors (Lipinski definition) is 3. The fourth-order valence-corrected chi connectivity index (χ4v) is 4.08. The molecule has 0 saturated carbocycles. The van der Waals surface area contributed by atoms with Gasteiger partial charge in [0.25, 0.3) is 0 Å². The number of halogens is 1. The fraction of sp³-hybridized carbons (Fsp3) is 0.0625. The van der Waals surface area contributed by atoms with Crippen molar-refractivity contribution < 1.29 is 13.2 Å². The molecule has 1 aliphatic rings. The highest BCUT2D eigenvalue weighted by Crippen LogP contribution is 2.29. The maximum Gasteiger partial charge on any atom is 0.191 e. The third-order valence-corrected chi connectivity index (χ3v) is 5.40. The molecule has 0 fully saturated rings. The molecule has 0 atom stereocenters. The molecule has 0 spiro atoms. The van der Waals surface area contributed by atoms with Crippen molar-refractivity contribution in [1.29, 1.82) is 0 Å². The maximum absolute atomic E-state index is 12.4. The summed E-state index contributed by atoms with van der Waals surface area (Å²) in [6.07, 6.45) is 1.55. The number of carbonyl (C=O) groups is 1. The first-order valence-electron chi connectivity index (χ1n) is 6.30. The van der Waals surface area contributed by atoms with Crippen LogP contribution < -0.4 is 0 Å². The lowest BCUT2D eigenvalue weighted by atomic mass is 10.0. The summed E-state index contributed by atoms with van der Waals surface area (Å²) in [7, 11) is -3.49. The molecule has 106 valence electrons. The average molecular weight is 319 g/mol. The van der Waals surface area contributed by atoms with Crippen molar-refractivity contribution in [1.82, 2.24) is 0 Å². The van der Waals surface area contributed by atoms with Gasteiger partial charge in [0.15, 0.2) is 15.6 Å². The number of ketones is 1. The normalized spacial score (nSPS) is 18.5. The van der Waals surface area contributed by atoms with Gasteiger partial charge in [0.2, 0.25) is 0 Å². The van der Waals surface area contributed by atoms with Crippen LogP contribution in [0.3, 0.4) is 0 Å². The quantitative estimate of drug-likeness (QED) is 0.757. The smallest absolute Gasteiger partial charge is 0.191 e. The first-order chi connectivity index (χ1) is 9.99. The first-order valence-corrected chi connectivity index (χ1v) is 8.34. The molecular weight excluding hydrogens is 308 g/mol. The summed E-state index contributed by atoms with van der Waals surface area (Å²) < 4.78 is 24.6. The molecule has 0 aromatic heterocycles. The third kappa shape index (κ3) is 2.52. The van der Waals surface area contributed by atoms with Crippen LogP contribution in [0.25, 0.3) is 6.08 Å². The maximum atomic E-state index is 12.4. The minimum Gasteiger partial charge on any atom is -0.289 e. The van der Waals surface area contributed by atoms with Gasteiger partial charge < -0.3 is 0 Å². The van der Waals surface area contributed by atoms with Gasteiger partial charge in [0.1, 0.15) is 0 Å². The molecule has 0 aliphatic carbocycles. The van der Waals surface area contributed by atoms with Crippen molar-refractivity contribution in [2.24, 2.45) is 0 Å². The van der Waals surface area contributed by atoms with Crippen LogP contribution in [0.1, 0.15) is 15.9 Å². The van der Waals surface area contributed by atoms with Crippen LogP contribution in [0.5, 0.6) is 0 Å². The average Bonchev–Trinajstić information content (AvgIpc) is 2.47. The summed E-state index contributed by atoms with van der Waals surface area (Å²) in [6.45, 7) is 0. The Morgan fingerprint density at radius 3 is 2.43 bits per heavy atom. The Morgan fingerprint density at radius 2 is 1.67 bits per heavy atom. The highest BCUT2D eigenvalue weighted by molar-refractivity contribution is 7.91. The van der Waals surface area contributed by atoms with Crippen LogP contribution >= 0.6 is 11.6 Å². The van der Waals surface area contributed by atoms with E-state index in [1.54, 1.807) is 42.5 Å². The van der Waals surface area contributed by atoms with Crippen molar-refractivity contribution in [2.75, 3.05) is 5.75 Å². The number of hydrogen-bond donors (Lipinski definition) is 0. The molecule has 0 amide bonds. The molecule has 0 radical (unpaired) electrons. The molecule has 0 saturated heterocycles.